The standard InChI is InChI=1S/C20H21F3N2O2/c1-12(2)17(25-18(26)14-6-4-13(3)5-7-14)19(27)24-16-10-8-15(9-11-16)20(21,22)23/h4-12,17H,1-3H3,(H,24,27)(H,25,26). The number of carbonyl (C=O) groups is 2. The number of halogens is 3. The van der Waals surface area contributed by atoms with Crippen LogP contribution in [0.4, 0.5) is 18.9 Å². The van der Waals surface area contributed by atoms with Gasteiger partial charge in [0.1, 0.15) is 6.04 Å². The summed E-state index contributed by atoms with van der Waals surface area (Å²) in [6.45, 7) is 5.44. The van der Waals surface area contributed by atoms with Crippen molar-refractivity contribution >= 4 is 17.5 Å². The third-order valence-corrected chi connectivity index (χ3v) is 4.03. The molecule has 4 nitrogen and oxygen atoms in total. The molecule has 0 saturated heterocycles. The molecule has 144 valence electrons. The molecule has 0 heterocycles. The minimum Gasteiger partial charge on any atom is -0.340 e. The van der Waals surface area contributed by atoms with Gasteiger partial charge in [-0.25, -0.2) is 0 Å². The first-order valence-electron chi connectivity index (χ1n) is 8.43. The average molecular weight is 378 g/mol. The number of amides is 2. The summed E-state index contributed by atoms with van der Waals surface area (Å²) in [5, 5.41) is 5.22. The van der Waals surface area contributed by atoms with Crippen molar-refractivity contribution < 1.29 is 22.8 Å². The molecule has 1 atom stereocenters. The molecule has 7 heteroatoms. The van der Waals surface area contributed by atoms with E-state index in [9.17, 15) is 22.8 Å². The van der Waals surface area contributed by atoms with Gasteiger partial charge in [-0.2, -0.15) is 13.2 Å². The Morgan fingerprint density at radius 2 is 1.48 bits per heavy atom. The van der Waals surface area contributed by atoms with E-state index in [0.717, 1.165) is 17.7 Å². The first-order valence-corrected chi connectivity index (χ1v) is 8.43. The summed E-state index contributed by atoms with van der Waals surface area (Å²) in [5.74, 6) is -1.10. The van der Waals surface area contributed by atoms with E-state index in [4.69, 9.17) is 0 Å². The Hall–Kier alpha value is -2.83. The Kier molecular flexibility index (Phi) is 6.25. The van der Waals surface area contributed by atoms with Gasteiger partial charge in [0.2, 0.25) is 5.91 Å². The van der Waals surface area contributed by atoms with E-state index < -0.39 is 29.6 Å². The molecule has 0 aliphatic carbocycles. The van der Waals surface area contributed by atoms with Crippen molar-refractivity contribution in [2.45, 2.75) is 33.0 Å². The van der Waals surface area contributed by atoms with Crippen molar-refractivity contribution in [1.29, 1.82) is 0 Å². The Morgan fingerprint density at radius 3 is 1.96 bits per heavy atom. The van der Waals surface area contributed by atoms with Gasteiger partial charge in [-0.15, -0.1) is 0 Å². The van der Waals surface area contributed by atoms with Crippen LogP contribution < -0.4 is 10.6 Å². The summed E-state index contributed by atoms with van der Waals surface area (Å²) in [6.07, 6.45) is -4.44. The third-order valence-electron chi connectivity index (χ3n) is 4.03. The number of alkyl halides is 3. The predicted molar refractivity (Wildman–Crippen MR) is 97.3 cm³/mol. The lowest BCUT2D eigenvalue weighted by molar-refractivity contribution is -0.137. The number of nitrogens with one attached hydrogen (secondary N) is 2. The highest BCUT2D eigenvalue weighted by atomic mass is 19.4. The Labute approximate surface area is 155 Å². The van der Waals surface area contributed by atoms with Gasteiger partial charge in [0, 0.05) is 11.3 Å². The molecular weight excluding hydrogens is 357 g/mol. The van der Waals surface area contributed by atoms with Gasteiger partial charge in [0.25, 0.3) is 5.91 Å². The van der Waals surface area contributed by atoms with Crippen LogP contribution in [-0.4, -0.2) is 17.9 Å². The Bertz CT molecular complexity index is 797. The molecule has 2 aromatic rings. The lowest BCUT2D eigenvalue weighted by Gasteiger charge is -2.22. The van der Waals surface area contributed by atoms with Gasteiger partial charge in [0.15, 0.2) is 0 Å². The molecule has 0 aromatic heterocycles. The largest absolute Gasteiger partial charge is 0.416 e. The number of anilines is 1. The number of hydrogen-bond donors (Lipinski definition) is 2. The fraction of sp³-hybridized carbons (Fsp3) is 0.300. The number of carbonyl (C=O) groups excluding carboxylic acids is 2. The van der Waals surface area contributed by atoms with E-state index in [0.29, 0.717) is 5.56 Å². The maximum Gasteiger partial charge on any atom is 0.416 e. The molecule has 0 radical (unpaired) electrons. The molecule has 0 saturated carbocycles. The van der Waals surface area contributed by atoms with Crippen LogP contribution >= 0.6 is 0 Å². The van der Waals surface area contributed by atoms with Gasteiger partial charge < -0.3 is 10.6 Å². The SMILES string of the molecule is Cc1ccc(C(=O)NC(C(=O)Nc2ccc(C(F)(F)F)cc2)C(C)C)cc1. The fourth-order valence-electron chi connectivity index (χ4n) is 2.43. The van der Waals surface area contributed by atoms with Crippen LogP contribution in [0.25, 0.3) is 0 Å². The maximum absolute atomic E-state index is 12.6. The smallest absolute Gasteiger partial charge is 0.340 e. The molecule has 0 aliphatic rings. The molecular formula is C20H21F3N2O2. The summed E-state index contributed by atoms with van der Waals surface area (Å²) in [5.41, 5.74) is 0.859. The highest BCUT2D eigenvalue weighted by Crippen LogP contribution is 2.29. The van der Waals surface area contributed by atoms with Crippen molar-refractivity contribution in [3.8, 4) is 0 Å². The molecule has 2 amide bonds. The van der Waals surface area contributed by atoms with Crippen LogP contribution in [0.15, 0.2) is 48.5 Å². The Morgan fingerprint density at radius 1 is 0.926 bits per heavy atom. The molecule has 0 aliphatic heterocycles. The second-order valence-electron chi connectivity index (χ2n) is 6.63. The maximum atomic E-state index is 12.6. The fourth-order valence-corrected chi connectivity index (χ4v) is 2.43. The minimum atomic E-state index is -4.44. The van der Waals surface area contributed by atoms with Gasteiger partial charge in [-0.05, 0) is 49.2 Å². The van der Waals surface area contributed by atoms with E-state index in [1.807, 2.05) is 6.92 Å². The Balaban J connectivity index is 2.08. The van der Waals surface area contributed by atoms with Crippen LogP contribution in [0.5, 0.6) is 0 Å². The summed E-state index contributed by atoms with van der Waals surface area (Å²) >= 11 is 0. The highest BCUT2D eigenvalue weighted by molar-refractivity contribution is 6.01. The van der Waals surface area contributed by atoms with E-state index in [-0.39, 0.29) is 11.6 Å². The number of benzene rings is 2. The molecule has 0 bridgehead atoms. The van der Waals surface area contributed by atoms with Crippen molar-refractivity contribution in [3.63, 3.8) is 0 Å². The second kappa shape index (κ2) is 8.24. The number of hydrogen-bond acceptors (Lipinski definition) is 2. The van der Waals surface area contributed by atoms with E-state index in [1.54, 1.807) is 38.1 Å². The number of aryl methyl sites for hydroxylation is 1. The average Bonchev–Trinajstić information content (AvgIpc) is 2.59. The first-order chi connectivity index (χ1) is 12.6. The second-order valence-corrected chi connectivity index (χ2v) is 6.63. The summed E-state index contributed by atoms with van der Waals surface area (Å²) in [7, 11) is 0. The van der Waals surface area contributed by atoms with Crippen LogP contribution in [0.3, 0.4) is 0 Å². The van der Waals surface area contributed by atoms with Crippen LogP contribution in [0.2, 0.25) is 0 Å². The first kappa shape index (κ1) is 20.5. The van der Waals surface area contributed by atoms with Crippen molar-refractivity contribution in [2.24, 2.45) is 5.92 Å². The quantitative estimate of drug-likeness (QED) is 0.810. The lowest BCUT2D eigenvalue weighted by Crippen LogP contribution is -2.47. The van der Waals surface area contributed by atoms with Crippen LogP contribution in [0, 0.1) is 12.8 Å². The predicted octanol–water partition coefficient (Wildman–Crippen LogP) is 4.41. The molecule has 27 heavy (non-hydrogen) atoms. The molecule has 1 unspecified atom stereocenters. The van der Waals surface area contributed by atoms with Crippen molar-refractivity contribution in [1.82, 2.24) is 5.32 Å². The van der Waals surface area contributed by atoms with E-state index >= 15 is 0 Å². The molecule has 0 spiro atoms. The van der Waals surface area contributed by atoms with E-state index in [1.165, 1.54) is 12.1 Å². The molecule has 2 aromatic carbocycles. The zero-order valence-corrected chi connectivity index (χ0v) is 15.2. The normalized spacial score (nSPS) is 12.6. The molecule has 0 fully saturated rings. The zero-order valence-electron chi connectivity index (χ0n) is 15.2. The summed E-state index contributed by atoms with van der Waals surface area (Å²) < 4.78 is 37.8. The van der Waals surface area contributed by atoms with Crippen molar-refractivity contribution in [2.75, 3.05) is 5.32 Å². The third kappa shape index (κ3) is 5.57. The molecule has 2 rings (SSSR count). The van der Waals surface area contributed by atoms with Crippen molar-refractivity contribution in [3.05, 3.63) is 65.2 Å². The van der Waals surface area contributed by atoms with Crippen LogP contribution in [0.1, 0.15) is 35.3 Å². The highest BCUT2D eigenvalue weighted by Gasteiger charge is 2.30. The summed E-state index contributed by atoms with van der Waals surface area (Å²) in [6, 6.07) is 10.2. The topological polar surface area (TPSA) is 58.2 Å². The van der Waals surface area contributed by atoms with E-state index in [2.05, 4.69) is 10.6 Å². The molecule has 2 N–H and O–H groups in total. The zero-order chi connectivity index (χ0) is 20.2. The monoisotopic (exact) mass is 378 g/mol. The van der Waals surface area contributed by atoms with Gasteiger partial charge >= 0.3 is 6.18 Å². The minimum absolute atomic E-state index is 0.214. The number of rotatable bonds is 5. The van der Waals surface area contributed by atoms with Crippen LogP contribution in [-0.2, 0) is 11.0 Å². The van der Waals surface area contributed by atoms with Gasteiger partial charge in [-0.1, -0.05) is 31.5 Å². The summed E-state index contributed by atoms with van der Waals surface area (Å²) in [4.78, 5) is 24.9. The van der Waals surface area contributed by atoms with Gasteiger partial charge in [-0.3, -0.25) is 9.59 Å². The lowest BCUT2D eigenvalue weighted by atomic mass is 10.0. The van der Waals surface area contributed by atoms with Gasteiger partial charge in [0.05, 0.1) is 5.56 Å².